The third-order valence-corrected chi connectivity index (χ3v) is 5.95. The summed E-state index contributed by atoms with van der Waals surface area (Å²) >= 11 is 0. The monoisotopic (exact) mass is 343 g/mol. The fraction of sp³-hybridized carbons (Fsp3) is 0.571. The lowest BCUT2D eigenvalue weighted by Crippen LogP contribution is -2.42. The summed E-state index contributed by atoms with van der Waals surface area (Å²) in [5.41, 5.74) is 0.173. The quantitative estimate of drug-likeness (QED) is 0.774. The molecule has 9 heteroatoms. The Kier molecular flexibility index (Phi) is 5.10. The van der Waals surface area contributed by atoms with Crippen LogP contribution in [0, 0.1) is 5.92 Å². The zero-order valence-corrected chi connectivity index (χ0v) is 14.2. The average Bonchev–Trinajstić information content (AvgIpc) is 2.96. The number of carbonyl (C=O) groups excluding carboxylic acids is 2. The number of amides is 1. The van der Waals surface area contributed by atoms with Gasteiger partial charge in [0.2, 0.25) is 15.9 Å². The summed E-state index contributed by atoms with van der Waals surface area (Å²) in [5.74, 6) is -0.810. The molecule has 0 unspecified atom stereocenters. The van der Waals surface area contributed by atoms with E-state index in [4.69, 9.17) is 0 Å². The summed E-state index contributed by atoms with van der Waals surface area (Å²) in [5, 5.41) is 2.59. The van der Waals surface area contributed by atoms with Gasteiger partial charge in [-0.25, -0.2) is 13.2 Å². The molecule has 1 aliphatic rings. The maximum Gasteiger partial charge on any atom is 0.354 e. The van der Waals surface area contributed by atoms with Gasteiger partial charge in [-0.3, -0.25) is 4.79 Å². The Morgan fingerprint density at radius 3 is 2.43 bits per heavy atom. The van der Waals surface area contributed by atoms with Crippen molar-refractivity contribution in [2.24, 2.45) is 13.0 Å². The maximum absolute atomic E-state index is 12.7. The number of piperidine rings is 1. The lowest BCUT2D eigenvalue weighted by Gasteiger charge is -2.29. The summed E-state index contributed by atoms with van der Waals surface area (Å²) in [4.78, 5) is 23.3. The van der Waals surface area contributed by atoms with E-state index < -0.39 is 16.0 Å². The van der Waals surface area contributed by atoms with Crippen molar-refractivity contribution in [2.45, 2.75) is 17.7 Å². The van der Waals surface area contributed by atoms with Gasteiger partial charge in [-0.1, -0.05) is 0 Å². The van der Waals surface area contributed by atoms with E-state index in [1.165, 1.54) is 28.2 Å². The number of methoxy groups -OCH3 is 1. The highest BCUT2D eigenvalue weighted by molar-refractivity contribution is 7.89. The molecule has 1 amide bonds. The molecule has 1 aromatic rings. The van der Waals surface area contributed by atoms with Crippen molar-refractivity contribution in [3.05, 3.63) is 18.0 Å². The standard InChI is InChI=1S/C14H21N3O5S/c1-15-13(18)10-4-6-17(7-5-10)23(20,21)11-8-12(14(19)22-3)16(2)9-11/h8-10H,4-7H2,1-3H3,(H,15,18). The first-order chi connectivity index (χ1) is 10.8. The van der Waals surface area contributed by atoms with Gasteiger partial charge in [-0.15, -0.1) is 0 Å². The molecule has 2 rings (SSSR count). The second-order valence-corrected chi connectivity index (χ2v) is 7.39. The van der Waals surface area contributed by atoms with E-state index >= 15 is 0 Å². The van der Waals surface area contributed by atoms with Gasteiger partial charge < -0.3 is 14.6 Å². The number of carbonyl (C=O) groups is 2. The van der Waals surface area contributed by atoms with Crippen molar-refractivity contribution < 1.29 is 22.7 Å². The van der Waals surface area contributed by atoms with E-state index in [2.05, 4.69) is 10.1 Å². The van der Waals surface area contributed by atoms with Crippen LogP contribution >= 0.6 is 0 Å². The summed E-state index contributed by atoms with van der Waals surface area (Å²) in [6, 6.07) is 1.31. The second kappa shape index (κ2) is 6.71. The molecule has 0 aromatic carbocycles. The average molecular weight is 343 g/mol. The Bertz CT molecular complexity index is 702. The number of aromatic nitrogens is 1. The van der Waals surface area contributed by atoms with Gasteiger partial charge in [-0.2, -0.15) is 4.31 Å². The largest absolute Gasteiger partial charge is 0.464 e. The van der Waals surface area contributed by atoms with Gasteiger partial charge in [0.25, 0.3) is 0 Å². The number of nitrogens with one attached hydrogen (secondary N) is 1. The lowest BCUT2D eigenvalue weighted by atomic mass is 9.97. The van der Waals surface area contributed by atoms with Crippen LogP contribution in [-0.4, -0.2) is 56.4 Å². The van der Waals surface area contributed by atoms with Crippen molar-refractivity contribution in [3.8, 4) is 0 Å². The van der Waals surface area contributed by atoms with Gasteiger partial charge in [-0.05, 0) is 18.9 Å². The third kappa shape index (κ3) is 3.40. The van der Waals surface area contributed by atoms with Gasteiger partial charge in [0.05, 0.1) is 7.11 Å². The van der Waals surface area contributed by atoms with E-state index in [0.717, 1.165) is 0 Å². The van der Waals surface area contributed by atoms with Crippen LogP contribution in [-0.2, 0) is 26.6 Å². The first-order valence-electron chi connectivity index (χ1n) is 7.27. The lowest BCUT2D eigenvalue weighted by molar-refractivity contribution is -0.125. The molecule has 128 valence electrons. The highest BCUT2D eigenvalue weighted by atomic mass is 32.2. The fourth-order valence-electron chi connectivity index (χ4n) is 2.69. The molecule has 0 aliphatic carbocycles. The number of esters is 1. The normalized spacial score (nSPS) is 17.0. The highest BCUT2D eigenvalue weighted by Gasteiger charge is 2.33. The minimum Gasteiger partial charge on any atom is -0.464 e. The number of rotatable bonds is 4. The predicted octanol–water partition coefficient (Wildman–Crippen LogP) is -0.0416. The maximum atomic E-state index is 12.7. The molecule has 23 heavy (non-hydrogen) atoms. The molecule has 1 aromatic heterocycles. The summed E-state index contributed by atoms with van der Waals surface area (Å²) in [6.45, 7) is 0.561. The molecular weight excluding hydrogens is 322 g/mol. The fourth-order valence-corrected chi connectivity index (χ4v) is 4.24. The van der Waals surface area contributed by atoms with Crippen molar-refractivity contribution >= 4 is 21.9 Å². The smallest absolute Gasteiger partial charge is 0.354 e. The number of hydrogen-bond acceptors (Lipinski definition) is 5. The number of sulfonamides is 1. The molecule has 1 N–H and O–H groups in total. The van der Waals surface area contributed by atoms with Crippen LogP contribution in [0.1, 0.15) is 23.3 Å². The first kappa shape index (κ1) is 17.5. The Hall–Kier alpha value is -1.87. The van der Waals surface area contributed by atoms with Gasteiger partial charge in [0, 0.05) is 39.3 Å². The molecule has 1 fully saturated rings. The first-order valence-corrected chi connectivity index (χ1v) is 8.71. The van der Waals surface area contributed by atoms with E-state index in [9.17, 15) is 18.0 Å². The summed E-state index contributed by atoms with van der Waals surface area (Å²) in [6.07, 6.45) is 2.36. The Labute approximate surface area is 135 Å². The molecule has 0 spiro atoms. The van der Waals surface area contributed by atoms with Crippen molar-refractivity contribution in [2.75, 3.05) is 27.2 Å². The Morgan fingerprint density at radius 1 is 1.30 bits per heavy atom. The van der Waals surface area contributed by atoms with Crippen molar-refractivity contribution in [1.82, 2.24) is 14.2 Å². The SMILES string of the molecule is CNC(=O)C1CCN(S(=O)(=O)c2cc(C(=O)OC)n(C)c2)CC1. The number of aryl methyl sites for hydroxylation is 1. The zero-order valence-electron chi connectivity index (χ0n) is 13.4. The molecule has 8 nitrogen and oxygen atoms in total. The van der Waals surface area contributed by atoms with Gasteiger partial charge in [0.15, 0.2) is 0 Å². The topological polar surface area (TPSA) is 97.7 Å². The molecule has 0 atom stereocenters. The molecule has 0 saturated carbocycles. The molecule has 0 radical (unpaired) electrons. The van der Waals surface area contributed by atoms with Crippen molar-refractivity contribution in [1.29, 1.82) is 0 Å². The predicted molar refractivity (Wildman–Crippen MR) is 82.3 cm³/mol. The highest BCUT2D eigenvalue weighted by Crippen LogP contribution is 2.25. The zero-order chi connectivity index (χ0) is 17.2. The van der Waals surface area contributed by atoms with Crippen LogP contribution in [0.15, 0.2) is 17.2 Å². The molecule has 1 aliphatic heterocycles. The Balaban J connectivity index is 2.17. The van der Waals surface area contributed by atoms with Crippen LogP contribution in [0.4, 0.5) is 0 Å². The summed E-state index contributed by atoms with van der Waals surface area (Å²) in [7, 11) is 0.714. The number of nitrogens with zero attached hydrogens (tertiary/aromatic N) is 2. The van der Waals surface area contributed by atoms with E-state index in [0.29, 0.717) is 12.8 Å². The number of hydrogen-bond donors (Lipinski definition) is 1. The molecule has 2 heterocycles. The molecule has 0 bridgehead atoms. The van der Waals surface area contributed by atoms with Crippen LogP contribution in [0.3, 0.4) is 0 Å². The number of ether oxygens (including phenoxy) is 1. The van der Waals surface area contributed by atoms with Crippen LogP contribution in [0.2, 0.25) is 0 Å². The minimum absolute atomic E-state index is 0.0544. The minimum atomic E-state index is -3.69. The third-order valence-electron chi connectivity index (χ3n) is 4.08. The van der Waals surface area contributed by atoms with Crippen LogP contribution < -0.4 is 5.32 Å². The molecular formula is C14H21N3O5S. The Morgan fingerprint density at radius 2 is 1.91 bits per heavy atom. The van der Waals surface area contributed by atoms with E-state index in [1.54, 1.807) is 14.1 Å². The second-order valence-electron chi connectivity index (χ2n) is 5.46. The summed E-state index contributed by atoms with van der Waals surface area (Å²) < 4.78 is 32.7. The van der Waals surface area contributed by atoms with E-state index in [-0.39, 0.29) is 35.5 Å². The van der Waals surface area contributed by atoms with Crippen LogP contribution in [0.25, 0.3) is 0 Å². The van der Waals surface area contributed by atoms with Gasteiger partial charge >= 0.3 is 5.97 Å². The van der Waals surface area contributed by atoms with Crippen molar-refractivity contribution in [3.63, 3.8) is 0 Å². The van der Waals surface area contributed by atoms with Crippen LogP contribution in [0.5, 0.6) is 0 Å². The van der Waals surface area contributed by atoms with E-state index in [1.807, 2.05) is 0 Å². The molecule has 1 saturated heterocycles. The van der Waals surface area contributed by atoms with Gasteiger partial charge in [0.1, 0.15) is 10.6 Å².